The Hall–Kier alpha value is -3.35. The van der Waals surface area contributed by atoms with Gasteiger partial charge in [0, 0.05) is 31.7 Å². The number of rotatable bonds is 7. The van der Waals surface area contributed by atoms with E-state index in [0.29, 0.717) is 44.6 Å². The van der Waals surface area contributed by atoms with Crippen molar-refractivity contribution in [3.8, 4) is 0 Å². The smallest absolute Gasteiger partial charge is 0.317 e. The molecule has 7 nitrogen and oxygen atoms in total. The third-order valence-electron chi connectivity index (χ3n) is 5.54. The maximum Gasteiger partial charge on any atom is 0.317 e. The van der Waals surface area contributed by atoms with Crippen LogP contribution in [-0.4, -0.2) is 48.4 Å². The normalized spacial score (nSPS) is 15.1. The molecule has 2 aromatic rings. The number of nitrogens with one attached hydrogen (secondary N) is 3. The Kier molecular flexibility index (Phi) is 8.04. The van der Waals surface area contributed by atoms with Crippen LogP contribution in [0, 0.1) is 5.92 Å². The highest BCUT2D eigenvalue weighted by atomic mass is 16.2. The maximum absolute atomic E-state index is 13.1. The number of hydrogen-bond acceptors (Lipinski definition) is 3. The Balaban J connectivity index is 1.67. The fourth-order valence-corrected chi connectivity index (χ4v) is 3.81. The Morgan fingerprint density at radius 2 is 1.55 bits per heavy atom. The van der Waals surface area contributed by atoms with Crippen molar-refractivity contribution in [2.75, 3.05) is 19.6 Å². The van der Waals surface area contributed by atoms with Gasteiger partial charge in [-0.15, -0.1) is 0 Å². The Bertz CT molecular complexity index is 865. The summed E-state index contributed by atoms with van der Waals surface area (Å²) in [5.41, 5.74) is 1.51. The van der Waals surface area contributed by atoms with E-state index >= 15 is 0 Å². The zero-order valence-corrected chi connectivity index (χ0v) is 17.8. The highest BCUT2D eigenvalue weighted by molar-refractivity contribution is 5.97. The van der Waals surface area contributed by atoms with Gasteiger partial charge in [0.2, 0.25) is 5.91 Å². The van der Waals surface area contributed by atoms with Crippen molar-refractivity contribution < 1.29 is 14.4 Å². The highest BCUT2D eigenvalue weighted by Gasteiger charge is 2.33. The molecule has 0 aliphatic carbocycles. The molecule has 1 aliphatic rings. The van der Waals surface area contributed by atoms with Crippen LogP contribution in [-0.2, 0) is 11.3 Å². The molecule has 1 fully saturated rings. The van der Waals surface area contributed by atoms with Gasteiger partial charge in [-0.2, -0.15) is 0 Å². The molecular formula is C24H30N4O3. The largest absolute Gasteiger partial charge is 0.350 e. The molecule has 0 unspecified atom stereocenters. The van der Waals surface area contributed by atoms with E-state index in [1.54, 1.807) is 29.2 Å². The maximum atomic E-state index is 13.1. The number of benzene rings is 2. The van der Waals surface area contributed by atoms with Gasteiger partial charge in [0.05, 0.1) is 0 Å². The van der Waals surface area contributed by atoms with E-state index in [-0.39, 0.29) is 23.8 Å². The average Bonchev–Trinajstić information content (AvgIpc) is 2.82. The van der Waals surface area contributed by atoms with Crippen molar-refractivity contribution >= 4 is 17.8 Å². The summed E-state index contributed by atoms with van der Waals surface area (Å²) >= 11 is 0. The predicted molar refractivity (Wildman–Crippen MR) is 119 cm³/mol. The molecule has 4 amide bonds. The molecule has 0 bridgehead atoms. The third kappa shape index (κ3) is 6.31. The first-order chi connectivity index (χ1) is 15.1. The lowest BCUT2D eigenvalue weighted by molar-refractivity contribution is -0.124. The summed E-state index contributed by atoms with van der Waals surface area (Å²) in [7, 11) is 0. The van der Waals surface area contributed by atoms with Gasteiger partial charge in [0.25, 0.3) is 5.91 Å². The molecule has 0 saturated carbocycles. The number of urea groups is 1. The fourth-order valence-electron chi connectivity index (χ4n) is 3.81. The van der Waals surface area contributed by atoms with Crippen LogP contribution in [0.1, 0.15) is 35.7 Å². The number of carbonyl (C=O) groups excluding carboxylic acids is 3. The molecular weight excluding hydrogens is 392 g/mol. The lowest BCUT2D eigenvalue weighted by atomic mass is 9.88. The van der Waals surface area contributed by atoms with Crippen LogP contribution in [0.25, 0.3) is 0 Å². The molecule has 0 spiro atoms. The summed E-state index contributed by atoms with van der Waals surface area (Å²) in [6.07, 6.45) is 1.30. The summed E-state index contributed by atoms with van der Waals surface area (Å²) in [6, 6.07) is 17.8. The van der Waals surface area contributed by atoms with Crippen LogP contribution in [0.2, 0.25) is 0 Å². The monoisotopic (exact) mass is 422 g/mol. The summed E-state index contributed by atoms with van der Waals surface area (Å²) in [5, 5.41) is 8.71. The molecule has 2 aromatic carbocycles. The Labute approximate surface area is 183 Å². The van der Waals surface area contributed by atoms with Crippen molar-refractivity contribution in [2.45, 2.75) is 32.4 Å². The van der Waals surface area contributed by atoms with Gasteiger partial charge >= 0.3 is 6.03 Å². The van der Waals surface area contributed by atoms with Crippen LogP contribution < -0.4 is 16.0 Å². The first-order valence-electron chi connectivity index (χ1n) is 10.8. The number of likely N-dealkylation sites (tertiary alicyclic amines) is 1. The minimum atomic E-state index is -0.659. The molecule has 1 saturated heterocycles. The number of carbonyl (C=O) groups is 3. The average molecular weight is 423 g/mol. The van der Waals surface area contributed by atoms with E-state index in [2.05, 4.69) is 16.0 Å². The first kappa shape index (κ1) is 22.3. The van der Waals surface area contributed by atoms with Crippen LogP contribution in [0.3, 0.4) is 0 Å². The minimum absolute atomic E-state index is 0.0471. The summed E-state index contributed by atoms with van der Waals surface area (Å²) in [5.74, 6) is -0.523. The van der Waals surface area contributed by atoms with Gasteiger partial charge in [-0.05, 0) is 43.4 Å². The molecule has 7 heteroatoms. The van der Waals surface area contributed by atoms with Crippen molar-refractivity contribution in [1.82, 2.24) is 20.9 Å². The van der Waals surface area contributed by atoms with Gasteiger partial charge in [-0.3, -0.25) is 9.59 Å². The molecule has 31 heavy (non-hydrogen) atoms. The zero-order chi connectivity index (χ0) is 22.1. The van der Waals surface area contributed by atoms with Crippen LogP contribution in [0.15, 0.2) is 60.7 Å². The molecule has 164 valence electrons. The summed E-state index contributed by atoms with van der Waals surface area (Å²) in [6.45, 7) is 3.97. The fraction of sp³-hybridized carbons (Fsp3) is 0.375. The van der Waals surface area contributed by atoms with Gasteiger partial charge in [-0.25, -0.2) is 4.79 Å². The SMILES string of the molecule is CCNC(=O)N1CCC([C@H](NC(=O)c2ccccc2)C(=O)NCc2ccccc2)CC1. The van der Waals surface area contributed by atoms with E-state index in [1.807, 2.05) is 43.3 Å². The Morgan fingerprint density at radius 3 is 2.16 bits per heavy atom. The second-order valence-electron chi connectivity index (χ2n) is 7.68. The van der Waals surface area contributed by atoms with Crippen LogP contribution >= 0.6 is 0 Å². The molecule has 1 aliphatic heterocycles. The van der Waals surface area contributed by atoms with E-state index in [1.165, 1.54) is 0 Å². The second kappa shape index (κ2) is 11.2. The minimum Gasteiger partial charge on any atom is -0.350 e. The van der Waals surface area contributed by atoms with Gasteiger partial charge in [0.1, 0.15) is 6.04 Å². The van der Waals surface area contributed by atoms with Crippen molar-refractivity contribution in [1.29, 1.82) is 0 Å². The van der Waals surface area contributed by atoms with E-state index in [0.717, 1.165) is 5.56 Å². The number of piperidine rings is 1. The predicted octanol–water partition coefficient (Wildman–Crippen LogP) is 2.54. The lowest BCUT2D eigenvalue weighted by Crippen LogP contribution is -2.54. The van der Waals surface area contributed by atoms with Crippen molar-refractivity contribution in [2.24, 2.45) is 5.92 Å². The second-order valence-corrected chi connectivity index (χ2v) is 7.68. The van der Waals surface area contributed by atoms with E-state index < -0.39 is 6.04 Å². The molecule has 0 radical (unpaired) electrons. The number of hydrogen-bond donors (Lipinski definition) is 3. The first-order valence-corrected chi connectivity index (χ1v) is 10.8. The standard InChI is InChI=1S/C24H30N4O3/c1-2-25-24(31)28-15-13-19(14-16-28)21(27-22(29)20-11-7-4-8-12-20)23(30)26-17-18-9-5-3-6-10-18/h3-12,19,21H,2,13-17H2,1H3,(H,25,31)(H,26,30)(H,27,29)/t21-/m0/s1. The van der Waals surface area contributed by atoms with Gasteiger partial charge in [0.15, 0.2) is 0 Å². The third-order valence-corrected chi connectivity index (χ3v) is 5.54. The van der Waals surface area contributed by atoms with E-state index in [9.17, 15) is 14.4 Å². The van der Waals surface area contributed by atoms with Crippen molar-refractivity contribution in [3.63, 3.8) is 0 Å². The van der Waals surface area contributed by atoms with E-state index in [4.69, 9.17) is 0 Å². The molecule has 3 rings (SSSR count). The number of amides is 4. The zero-order valence-electron chi connectivity index (χ0n) is 17.8. The molecule has 0 aromatic heterocycles. The van der Waals surface area contributed by atoms with Gasteiger partial charge in [-0.1, -0.05) is 48.5 Å². The van der Waals surface area contributed by atoms with Crippen LogP contribution in [0.4, 0.5) is 4.79 Å². The Morgan fingerprint density at radius 1 is 0.935 bits per heavy atom. The molecule has 1 heterocycles. The summed E-state index contributed by atoms with van der Waals surface area (Å²) in [4.78, 5) is 39.7. The number of nitrogens with zero attached hydrogens (tertiary/aromatic N) is 1. The lowest BCUT2D eigenvalue weighted by Gasteiger charge is -2.35. The van der Waals surface area contributed by atoms with Crippen LogP contribution in [0.5, 0.6) is 0 Å². The highest BCUT2D eigenvalue weighted by Crippen LogP contribution is 2.22. The molecule has 1 atom stereocenters. The summed E-state index contributed by atoms with van der Waals surface area (Å²) < 4.78 is 0. The van der Waals surface area contributed by atoms with Gasteiger partial charge < -0.3 is 20.9 Å². The topological polar surface area (TPSA) is 90.5 Å². The molecule has 3 N–H and O–H groups in total. The quantitative estimate of drug-likeness (QED) is 0.641. The van der Waals surface area contributed by atoms with Crippen molar-refractivity contribution in [3.05, 3.63) is 71.8 Å².